The maximum Gasteiger partial charge on any atom is 0.306 e. The van der Waals surface area contributed by atoms with Crippen LogP contribution in [0.4, 0.5) is 4.39 Å². The van der Waals surface area contributed by atoms with Crippen LogP contribution in [0, 0.1) is 11.7 Å². The van der Waals surface area contributed by atoms with Crippen molar-refractivity contribution in [2.45, 2.75) is 18.9 Å². The van der Waals surface area contributed by atoms with Crippen LogP contribution in [0.1, 0.15) is 23.2 Å². The van der Waals surface area contributed by atoms with Crippen LogP contribution in [-0.2, 0) is 4.79 Å². The first-order chi connectivity index (χ1) is 9.43. The second-order valence-electron chi connectivity index (χ2n) is 4.92. The molecule has 1 N–H and O–H groups in total. The third-order valence-electron chi connectivity index (χ3n) is 3.74. The molecule has 0 saturated heterocycles. The van der Waals surface area contributed by atoms with Crippen LogP contribution >= 0.6 is 0 Å². The fourth-order valence-electron chi connectivity index (χ4n) is 2.26. The topological polar surface area (TPSA) is 66.8 Å². The molecule has 2 rings (SSSR count). The van der Waals surface area contributed by atoms with Gasteiger partial charge in [-0.15, -0.1) is 0 Å². The van der Waals surface area contributed by atoms with Gasteiger partial charge in [-0.2, -0.15) is 0 Å². The zero-order valence-electron chi connectivity index (χ0n) is 11.3. The molecule has 1 aromatic carbocycles. The Kier molecular flexibility index (Phi) is 3.92. The number of halogens is 1. The predicted molar refractivity (Wildman–Crippen MR) is 69.2 cm³/mol. The molecule has 0 aliphatic heterocycles. The lowest BCUT2D eigenvalue weighted by atomic mass is 9.79. The lowest BCUT2D eigenvalue weighted by molar-refractivity contribution is -0.146. The highest BCUT2D eigenvalue weighted by atomic mass is 19.1. The van der Waals surface area contributed by atoms with Gasteiger partial charge in [-0.25, -0.2) is 4.39 Å². The van der Waals surface area contributed by atoms with Crippen molar-refractivity contribution >= 4 is 11.9 Å². The summed E-state index contributed by atoms with van der Waals surface area (Å²) in [5.41, 5.74) is -0.0351. The van der Waals surface area contributed by atoms with Crippen LogP contribution in [0.5, 0.6) is 5.75 Å². The Balaban J connectivity index is 2.06. The minimum absolute atomic E-state index is 0.0351. The molecule has 0 heterocycles. The summed E-state index contributed by atoms with van der Waals surface area (Å²) in [5, 5.41) is 8.81. The van der Waals surface area contributed by atoms with Crippen LogP contribution in [0.25, 0.3) is 0 Å². The zero-order chi connectivity index (χ0) is 14.9. The van der Waals surface area contributed by atoms with Crippen LogP contribution in [-0.4, -0.2) is 42.1 Å². The number of hydrogen-bond acceptors (Lipinski definition) is 3. The third kappa shape index (κ3) is 2.59. The average molecular weight is 281 g/mol. The minimum atomic E-state index is -0.849. The summed E-state index contributed by atoms with van der Waals surface area (Å²) in [6.45, 7) is 0. The molecule has 0 aromatic heterocycles. The molecule has 6 heteroatoms. The number of rotatable bonds is 4. The molecule has 108 valence electrons. The van der Waals surface area contributed by atoms with Crippen LogP contribution in [0.3, 0.4) is 0 Å². The number of amides is 1. The number of carbonyl (C=O) groups excluding carboxylic acids is 1. The molecular formula is C14H16FNO4. The van der Waals surface area contributed by atoms with Gasteiger partial charge in [0.05, 0.1) is 18.6 Å². The number of benzene rings is 1. The maximum absolute atomic E-state index is 13.8. The molecule has 1 aliphatic rings. The normalized spacial score (nSPS) is 20.9. The molecule has 0 atom stereocenters. The van der Waals surface area contributed by atoms with Crippen molar-refractivity contribution < 1.29 is 23.8 Å². The molecule has 0 unspecified atom stereocenters. The lowest BCUT2D eigenvalue weighted by Crippen LogP contribution is -2.47. The molecule has 1 amide bonds. The Hall–Kier alpha value is -2.11. The van der Waals surface area contributed by atoms with E-state index in [2.05, 4.69) is 0 Å². The molecular weight excluding hydrogens is 265 g/mol. The van der Waals surface area contributed by atoms with Crippen LogP contribution < -0.4 is 4.74 Å². The lowest BCUT2D eigenvalue weighted by Gasteiger charge is -2.39. The van der Waals surface area contributed by atoms with Crippen LogP contribution in [0.15, 0.2) is 18.2 Å². The summed E-state index contributed by atoms with van der Waals surface area (Å²) in [5.74, 6) is -2.00. The number of carboxylic acid groups (broad SMARTS) is 1. The van der Waals surface area contributed by atoms with Crippen molar-refractivity contribution in [3.8, 4) is 5.75 Å². The van der Waals surface area contributed by atoms with Gasteiger partial charge in [0.2, 0.25) is 0 Å². The number of methoxy groups -OCH3 is 1. The molecule has 1 aromatic rings. The van der Waals surface area contributed by atoms with Gasteiger partial charge in [0.1, 0.15) is 11.6 Å². The van der Waals surface area contributed by atoms with E-state index in [0.717, 1.165) is 6.07 Å². The molecule has 1 saturated carbocycles. The number of ether oxygens (including phenoxy) is 1. The average Bonchev–Trinajstić information content (AvgIpc) is 2.35. The van der Waals surface area contributed by atoms with E-state index in [1.807, 2.05) is 0 Å². The monoisotopic (exact) mass is 281 g/mol. The molecule has 1 fully saturated rings. The fourth-order valence-corrected chi connectivity index (χ4v) is 2.26. The number of nitrogens with zero attached hydrogens (tertiary/aromatic N) is 1. The molecule has 0 spiro atoms. The van der Waals surface area contributed by atoms with E-state index in [-0.39, 0.29) is 11.6 Å². The van der Waals surface area contributed by atoms with Gasteiger partial charge in [0, 0.05) is 19.2 Å². The Morgan fingerprint density at radius 1 is 1.40 bits per heavy atom. The van der Waals surface area contributed by atoms with Crippen molar-refractivity contribution in [3.05, 3.63) is 29.6 Å². The van der Waals surface area contributed by atoms with Gasteiger partial charge in [0.15, 0.2) is 0 Å². The smallest absolute Gasteiger partial charge is 0.306 e. The highest BCUT2D eigenvalue weighted by Gasteiger charge is 2.38. The summed E-state index contributed by atoms with van der Waals surface area (Å²) in [6.07, 6.45) is 0.824. The minimum Gasteiger partial charge on any atom is -0.497 e. The van der Waals surface area contributed by atoms with Gasteiger partial charge in [0.25, 0.3) is 5.91 Å². The van der Waals surface area contributed by atoms with Gasteiger partial charge < -0.3 is 14.7 Å². The molecule has 1 aliphatic carbocycles. The molecule has 5 nitrogen and oxygen atoms in total. The van der Waals surface area contributed by atoms with Gasteiger partial charge >= 0.3 is 5.97 Å². The summed E-state index contributed by atoms with van der Waals surface area (Å²) in [6, 6.07) is 3.90. The van der Waals surface area contributed by atoms with E-state index < -0.39 is 23.6 Å². The van der Waals surface area contributed by atoms with Gasteiger partial charge in [-0.05, 0) is 25.0 Å². The Labute approximate surface area is 116 Å². The van der Waals surface area contributed by atoms with Gasteiger partial charge in [-0.1, -0.05) is 0 Å². The van der Waals surface area contributed by atoms with Crippen molar-refractivity contribution in [3.63, 3.8) is 0 Å². The number of aliphatic carboxylic acids is 1. The van der Waals surface area contributed by atoms with Gasteiger partial charge in [-0.3, -0.25) is 9.59 Å². The SMILES string of the molecule is COc1ccc(C(=O)N(C)C2CC(C(=O)O)C2)c(F)c1. The Morgan fingerprint density at radius 3 is 2.55 bits per heavy atom. The molecule has 20 heavy (non-hydrogen) atoms. The highest BCUT2D eigenvalue weighted by Crippen LogP contribution is 2.32. The first kappa shape index (κ1) is 14.3. The number of carbonyl (C=O) groups is 2. The summed E-state index contributed by atoms with van der Waals surface area (Å²) < 4.78 is 18.7. The van der Waals surface area contributed by atoms with E-state index in [1.54, 1.807) is 7.05 Å². The van der Waals surface area contributed by atoms with E-state index >= 15 is 0 Å². The first-order valence-electron chi connectivity index (χ1n) is 6.27. The Morgan fingerprint density at radius 2 is 2.05 bits per heavy atom. The number of hydrogen-bond donors (Lipinski definition) is 1. The standard InChI is InChI=1S/C14H16FNO4/c1-16(9-5-8(6-9)14(18)19)13(17)11-4-3-10(20-2)7-12(11)15/h3-4,7-9H,5-6H2,1-2H3,(H,18,19). The first-order valence-corrected chi connectivity index (χ1v) is 6.27. The van der Waals surface area contributed by atoms with E-state index in [1.165, 1.54) is 24.1 Å². The molecule has 0 radical (unpaired) electrons. The maximum atomic E-state index is 13.8. The largest absolute Gasteiger partial charge is 0.497 e. The Bertz CT molecular complexity index is 540. The van der Waals surface area contributed by atoms with Crippen molar-refractivity contribution in [2.24, 2.45) is 5.92 Å². The van der Waals surface area contributed by atoms with Crippen molar-refractivity contribution in [1.29, 1.82) is 0 Å². The highest BCUT2D eigenvalue weighted by molar-refractivity contribution is 5.94. The second-order valence-corrected chi connectivity index (χ2v) is 4.92. The zero-order valence-corrected chi connectivity index (χ0v) is 11.3. The van der Waals surface area contributed by atoms with E-state index in [0.29, 0.717) is 18.6 Å². The summed E-state index contributed by atoms with van der Waals surface area (Å²) in [7, 11) is 2.98. The molecule has 0 bridgehead atoms. The fraction of sp³-hybridized carbons (Fsp3) is 0.429. The van der Waals surface area contributed by atoms with Crippen molar-refractivity contribution in [2.75, 3.05) is 14.2 Å². The quantitative estimate of drug-likeness (QED) is 0.913. The van der Waals surface area contributed by atoms with E-state index in [4.69, 9.17) is 9.84 Å². The van der Waals surface area contributed by atoms with Crippen LogP contribution in [0.2, 0.25) is 0 Å². The predicted octanol–water partition coefficient (Wildman–Crippen LogP) is 1.77. The van der Waals surface area contributed by atoms with E-state index in [9.17, 15) is 14.0 Å². The second kappa shape index (κ2) is 5.48. The summed E-state index contributed by atoms with van der Waals surface area (Å²) in [4.78, 5) is 24.3. The van der Waals surface area contributed by atoms with Crippen molar-refractivity contribution in [1.82, 2.24) is 4.90 Å². The number of carboxylic acids is 1. The summed E-state index contributed by atoms with van der Waals surface area (Å²) >= 11 is 0. The third-order valence-corrected chi connectivity index (χ3v) is 3.74.